The van der Waals surface area contributed by atoms with Crippen molar-refractivity contribution < 1.29 is 9.72 Å². The topological polar surface area (TPSA) is 92.7 Å². The zero-order valence-corrected chi connectivity index (χ0v) is 9.78. The molecule has 1 heterocycles. The summed E-state index contributed by atoms with van der Waals surface area (Å²) >= 11 is 0. The van der Waals surface area contributed by atoms with Gasteiger partial charge in [-0.05, 0) is 6.07 Å². The van der Waals surface area contributed by atoms with E-state index < -0.39 is 4.92 Å². The number of nitro benzene ring substituents is 1. The molecule has 1 aliphatic heterocycles. The predicted octanol–water partition coefficient (Wildman–Crippen LogP) is 0.226. The maximum atomic E-state index is 12.1. The van der Waals surface area contributed by atoms with Gasteiger partial charge in [-0.2, -0.15) is 0 Å². The lowest BCUT2D eigenvalue weighted by Crippen LogP contribution is -2.51. The molecule has 0 atom stereocenters. The third-order valence-corrected chi connectivity index (χ3v) is 2.91. The van der Waals surface area contributed by atoms with E-state index in [1.807, 2.05) is 0 Å². The number of hydrogen-bond donors (Lipinski definition) is 1. The molecule has 1 aromatic rings. The van der Waals surface area contributed by atoms with Crippen LogP contribution >= 0.6 is 0 Å². The monoisotopic (exact) mass is 250 g/mol. The molecule has 1 fully saturated rings. The number of non-ortho nitro benzene ring substituents is 1. The Kier molecular flexibility index (Phi) is 3.54. The van der Waals surface area contributed by atoms with Crippen molar-refractivity contribution in [2.45, 2.75) is 0 Å². The van der Waals surface area contributed by atoms with Gasteiger partial charge < -0.3 is 4.90 Å². The van der Waals surface area contributed by atoms with Gasteiger partial charge in [0.15, 0.2) is 0 Å². The third kappa shape index (κ3) is 2.63. The number of nitrogens with two attached hydrogens (primary N) is 1. The summed E-state index contributed by atoms with van der Waals surface area (Å²) in [5, 5.41) is 12.3. The van der Waals surface area contributed by atoms with Crippen LogP contribution in [0.25, 0.3) is 0 Å². The normalized spacial score (nSPS) is 16.6. The fraction of sp³-hybridized carbons (Fsp3) is 0.364. The standard InChI is InChI=1S/C11H14N4O3/c12-14-6-4-13(5-7-14)11(16)9-2-1-3-10(8-9)15(17)18/h1-3,8H,4-7,12H2. The highest BCUT2D eigenvalue weighted by Crippen LogP contribution is 2.15. The summed E-state index contributed by atoms with van der Waals surface area (Å²) in [6.07, 6.45) is 0. The molecule has 0 saturated carbocycles. The molecule has 1 aromatic carbocycles. The van der Waals surface area contributed by atoms with E-state index in [-0.39, 0.29) is 11.6 Å². The highest BCUT2D eigenvalue weighted by molar-refractivity contribution is 5.94. The van der Waals surface area contributed by atoms with Crippen LogP contribution in [-0.2, 0) is 0 Å². The number of nitro groups is 1. The lowest BCUT2D eigenvalue weighted by molar-refractivity contribution is -0.384. The van der Waals surface area contributed by atoms with E-state index in [1.165, 1.54) is 18.2 Å². The second-order valence-electron chi connectivity index (χ2n) is 4.14. The molecule has 0 unspecified atom stereocenters. The van der Waals surface area contributed by atoms with Crippen LogP contribution in [0.1, 0.15) is 10.4 Å². The van der Waals surface area contributed by atoms with Crippen molar-refractivity contribution in [2.24, 2.45) is 5.84 Å². The highest BCUT2D eigenvalue weighted by atomic mass is 16.6. The van der Waals surface area contributed by atoms with Gasteiger partial charge in [0.1, 0.15) is 0 Å². The molecule has 0 aliphatic carbocycles. The molecule has 0 spiro atoms. The fourth-order valence-corrected chi connectivity index (χ4v) is 1.86. The fourth-order valence-electron chi connectivity index (χ4n) is 1.86. The van der Waals surface area contributed by atoms with Gasteiger partial charge in [-0.15, -0.1) is 0 Å². The molecular formula is C11H14N4O3. The zero-order chi connectivity index (χ0) is 13.1. The maximum Gasteiger partial charge on any atom is 0.270 e. The van der Waals surface area contributed by atoms with Gasteiger partial charge in [-0.1, -0.05) is 6.07 Å². The molecule has 0 bridgehead atoms. The molecule has 96 valence electrons. The molecule has 7 heteroatoms. The molecule has 0 radical (unpaired) electrons. The second-order valence-corrected chi connectivity index (χ2v) is 4.14. The minimum Gasteiger partial charge on any atom is -0.336 e. The molecule has 18 heavy (non-hydrogen) atoms. The van der Waals surface area contributed by atoms with Crippen molar-refractivity contribution in [3.63, 3.8) is 0 Å². The van der Waals surface area contributed by atoms with Gasteiger partial charge in [-0.25, -0.2) is 5.01 Å². The molecular weight excluding hydrogens is 236 g/mol. The number of carbonyl (C=O) groups excluding carboxylic acids is 1. The number of hydrazine groups is 1. The summed E-state index contributed by atoms with van der Waals surface area (Å²) in [5.74, 6) is 5.42. The number of hydrogen-bond acceptors (Lipinski definition) is 5. The Labute approximate surface area is 104 Å². The summed E-state index contributed by atoms with van der Waals surface area (Å²) in [5.41, 5.74) is 0.271. The van der Waals surface area contributed by atoms with Gasteiger partial charge in [0.25, 0.3) is 11.6 Å². The predicted molar refractivity (Wildman–Crippen MR) is 64.8 cm³/mol. The lowest BCUT2D eigenvalue weighted by Gasteiger charge is -2.32. The highest BCUT2D eigenvalue weighted by Gasteiger charge is 2.21. The average molecular weight is 250 g/mol. The van der Waals surface area contributed by atoms with Gasteiger partial charge >= 0.3 is 0 Å². The first-order chi connectivity index (χ1) is 8.58. The molecule has 1 amide bonds. The quantitative estimate of drug-likeness (QED) is 0.460. The molecule has 2 rings (SSSR count). The third-order valence-electron chi connectivity index (χ3n) is 2.91. The first-order valence-electron chi connectivity index (χ1n) is 5.61. The van der Waals surface area contributed by atoms with Crippen LogP contribution in [0.3, 0.4) is 0 Å². The SMILES string of the molecule is NN1CCN(C(=O)c2cccc([N+](=O)[O-])c2)CC1. The Morgan fingerprint density at radius 2 is 1.94 bits per heavy atom. The van der Waals surface area contributed by atoms with Gasteiger partial charge in [0.05, 0.1) is 4.92 Å². The van der Waals surface area contributed by atoms with E-state index in [0.29, 0.717) is 31.7 Å². The summed E-state index contributed by atoms with van der Waals surface area (Å²) < 4.78 is 0. The minimum absolute atomic E-state index is 0.0710. The Morgan fingerprint density at radius 1 is 1.28 bits per heavy atom. The van der Waals surface area contributed by atoms with Crippen LogP contribution in [0.4, 0.5) is 5.69 Å². The van der Waals surface area contributed by atoms with Gasteiger partial charge in [0.2, 0.25) is 0 Å². The lowest BCUT2D eigenvalue weighted by atomic mass is 10.1. The Balaban J connectivity index is 2.13. The van der Waals surface area contributed by atoms with Crippen LogP contribution in [0.2, 0.25) is 0 Å². The smallest absolute Gasteiger partial charge is 0.270 e. The number of benzene rings is 1. The van der Waals surface area contributed by atoms with E-state index in [0.717, 1.165) is 0 Å². The number of carbonyl (C=O) groups is 1. The molecule has 1 saturated heterocycles. The largest absolute Gasteiger partial charge is 0.336 e. The summed E-state index contributed by atoms with van der Waals surface area (Å²) in [6, 6.07) is 5.78. The molecule has 0 aromatic heterocycles. The number of rotatable bonds is 2. The van der Waals surface area contributed by atoms with Crippen molar-refractivity contribution in [1.29, 1.82) is 0 Å². The second kappa shape index (κ2) is 5.11. The molecule has 2 N–H and O–H groups in total. The van der Waals surface area contributed by atoms with E-state index in [2.05, 4.69) is 0 Å². The van der Waals surface area contributed by atoms with Crippen LogP contribution in [0, 0.1) is 10.1 Å². The van der Waals surface area contributed by atoms with Crippen molar-refractivity contribution in [3.8, 4) is 0 Å². The molecule has 1 aliphatic rings. The average Bonchev–Trinajstić information content (AvgIpc) is 2.39. The first-order valence-corrected chi connectivity index (χ1v) is 5.61. The Bertz CT molecular complexity index is 469. The number of amides is 1. The van der Waals surface area contributed by atoms with E-state index >= 15 is 0 Å². The first kappa shape index (κ1) is 12.5. The van der Waals surface area contributed by atoms with Crippen LogP contribution < -0.4 is 5.84 Å². The van der Waals surface area contributed by atoms with Gasteiger partial charge in [-0.3, -0.25) is 20.8 Å². The van der Waals surface area contributed by atoms with E-state index in [9.17, 15) is 14.9 Å². The summed E-state index contributed by atoms with van der Waals surface area (Å²) in [7, 11) is 0. The van der Waals surface area contributed by atoms with E-state index in [1.54, 1.807) is 16.0 Å². The number of piperazine rings is 1. The zero-order valence-electron chi connectivity index (χ0n) is 9.78. The Morgan fingerprint density at radius 3 is 2.56 bits per heavy atom. The van der Waals surface area contributed by atoms with Crippen molar-refractivity contribution in [1.82, 2.24) is 9.91 Å². The summed E-state index contributed by atoms with van der Waals surface area (Å²) in [4.78, 5) is 23.9. The Hall–Kier alpha value is -1.99. The van der Waals surface area contributed by atoms with E-state index in [4.69, 9.17) is 5.84 Å². The van der Waals surface area contributed by atoms with Crippen LogP contribution in [0.5, 0.6) is 0 Å². The maximum absolute atomic E-state index is 12.1. The van der Waals surface area contributed by atoms with Crippen molar-refractivity contribution in [3.05, 3.63) is 39.9 Å². The minimum atomic E-state index is -0.505. The van der Waals surface area contributed by atoms with Gasteiger partial charge in [0, 0.05) is 43.9 Å². The van der Waals surface area contributed by atoms with Crippen LogP contribution in [0.15, 0.2) is 24.3 Å². The van der Waals surface area contributed by atoms with Crippen molar-refractivity contribution in [2.75, 3.05) is 26.2 Å². The van der Waals surface area contributed by atoms with Crippen molar-refractivity contribution >= 4 is 11.6 Å². The molecule has 7 nitrogen and oxygen atoms in total. The van der Waals surface area contributed by atoms with Crippen LogP contribution in [-0.4, -0.2) is 46.9 Å². The summed E-state index contributed by atoms with van der Waals surface area (Å²) in [6.45, 7) is 2.30. The number of nitrogens with zero attached hydrogens (tertiary/aromatic N) is 3.